The number of carboxylic acid groups (broad SMARTS) is 1. The van der Waals surface area contributed by atoms with Gasteiger partial charge in [-0.1, -0.05) is 37.3 Å². The van der Waals surface area contributed by atoms with Gasteiger partial charge in [0.05, 0.1) is 17.4 Å². The number of hydrogen-bond donors (Lipinski definition) is 3. The normalized spacial score (nSPS) is 11.9. The Bertz CT molecular complexity index is 644. The molecule has 0 saturated carbocycles. The van der Waals surface area contributed by atoms with Crippen LogP contribution in [0.2, 0.25) is 0 Å². The van der Waals surface area contributed by atoms with E-state index in [1.807, 2.05) is 37.3 Å². The predicted molar refractivity (Wildman–Crippen MR) is 80.9 cm³/mol. The molecule has 0 saturated heterocycles. The summed E-state index contributed by atoms with van der Waals surface area (Å²) < 4.78 is 13.4. The number of anilines is 2. The third-order valence-electron chi connectivity index (χ3n) is 3.35. The van der Waals surface area contributed by atoms with E-state index in [0.717, 1.165) is 12.0 Å². The number of halogens is 1. The Balaban J connectivity index is 2.39. The molecule has 2 rings (SSSR count). The Kier molecular flexibility index (Phi) is 4.42. The Labute approximate surface area is 122 Å². The summed E-state index contributed by atoms with van der Waals surface area (Å²) in [4.78, 5) is 11.3. The number of carbonyl (C=O) groups is 1. The van der Waals surface area contributed by atoms with E-state index in [1.165, 1.54) is 12.1 Å². The first-order valence-electron chi connectivity index (χ1n) is 6.67. The molecule has 110 valence electrons. The highest BCUT2D eigenvalue weighted by Crippen LogP contribution is 2.29. The molecule has 4 nitrogen and oxygen atoms in total. The molecule has 0 spiro atoms. The topological polar surface area (TPSA) is 75.3 Å². The molecule has 0 fully saturated rings. The quantitative estimate of drug-likeness (QED) is 0.734. The molecule has 0 aliphatic heterocycles. The molecule has 4 N–H and O–H groups in total. The lowest BCUT2D eigenvalue weighted by Crippen LogP contribution is -2.15. The van der Waals surface area contributed by atoms with Gasteiger partial charge in [-0.2, -0.15) is 0 Å². The van der Waals surface area contributed by atoms with Crippen LogP contribution in [-0.2, 0) is 0 Å². The van der Waals surface area contributed by atoms with Crippen molar-refractivity contribution in [1.29, 1.82) is 0 Å². The fraction of sp³-hybridized carbons (Fsp3) is 0.188. The molecule has 0 aliphatic rings. The minimum absolute atomic E-state index is 0.0749. The van der Waals surface area contributed by atoms with Crippen molar-refractivity contribution in [3.63, 3.8) is 0 Å². The zero-order chi connectivity index (χ0) is 15.4. The molecule has 0 amide bonds. The van der Waals surface area contributed by atoms with E-state index < -0.39 is 11.8 Å². The molecule has 5 heteroatoms. The van der Waals surface area contributed by atoms with E-state index >= 15 is 0 Å². The van der Waals surface area contributed by atoms with Crippen molar-refractivity contribution in [2.24, 2.45) is 0 Å². The average molecular weight is 288 g/mol. The van der Waals surface area contributed by atoms with Gasteiger partial charge in [-0.3, -0.25) is 0 Å². The fourth-order valence-corrected chi connectivity index (χ4v) is 2.24. The Morgan fingerprint density at radius 3 is 2.52 bits per heavy atom. The first-order chi connectivity index (χ1) is 10.0. The van der Waals surface area contributed by atoms with Crippen LogP contribution in [0.1, 0.15) is 35.3 Å². The van der Waals surface area contributed by atoms with E-state index in [-0.39, 0.29) is 17.3 Å². The summed E-state index contributed by atoms with van der Waals surface area (Å²) in [7, 11) is 0. The van der Waals surface area contributed by atoms with Gasteiger partial charge < -0.3 is 16.2 Å². The van der Waals surface area contributed by atoms with Crippen LogP contribution in [-0.4, -0.2) is 11.1 Å². The number of aromatic carboxylic acids is 1. The summed E-state index contributed by atoms with van der Waals surface area (Å²) in [6.45, 7) is 1.98. The second-order valence-electron chi connectivity index (χ2n) is 4.70. The van der Waals surface area contributed by atoms with Crippen LogP contribution < -0.4 is 11.1 Å². The third kappa shape index (κ3) is 3.13. The van der Waals surface area contributed by atoms with Gasteiger partial charge >= 0.3 is 5.97 Å². The largest absolute Gasteiger partial charge is 0.478 e. The van der Waals surface area contributed by atoms with E-state index in [9.17, 15) is 14.3 Å². The third-order valence-corrected chi connectivity index (χ3v) is 3.35. The van der Waals surface area contributed by atoms with Crippen LogP contribution in [0.3, 0.4) is 0 Å². The second kappa shape index (κ2) is 6.26. The van der Waals surface area contributed by atoms with Crippen LogP contribution in [0.25, 0.3) is 0 Å². The summed E-state index contributed by atoms with van der Waals surface area (Å²) in [6, 6.07) is 12.1. The first kappa shape index (κ1) is 14.8. The number of hydrogen-bond acceptors (Lipinski definition) is 3. The van der Waals surface area contributed by atoms with Gasteiger partial charge in [0.1, 0.15) is 11.4 Å². The number of rotatable bonds is 5. The zero-order valence-corrected chi connectivity index (χ0v) is 11.6. The molecule has 2 aromatic carbocycles. The molecule has 0 aromatic heterocycles. The van der Waals surface area contributed by atoms with E-state index in [0.29, 0.717) is 5.69 Å². The summed E-state index contributed by atoms with van der Waals surface area (Å²) in [5, 5.41) is 12.4. The summed E-state index contributed by atoms with van der Waals surface area (Å²) in [5.74, 6) is -1.98. The van der Waals surface area contributed by atoms with E-state index in [4.69, 9.17) is 5.73 Å². The van der Waals surface area contributed by atoms with Crippen molar-refractivity contribution in [2.45, 2.75) is 19.4 Å². The second-order valence-corrected chi connectivity index (χ2v) is 4.70. The van der Waals surface area contributed by atoms with Gasteiger partial charge in [0.25, 0.3) is 0 Å². The predicted octanol–water partition coefficient (Wildman–Crippen LogP) is 3.67. The molecule has 0 aliphatic carbocycles. The highest BCUT2D eigenvalue weighted by Gasteiger charge is 2.19. The van der Waals surface area contributed by atoms with Crippen LogP contribution in [0.5, 0.6) is 0 Å². The molecule has 0 bridgehead atoms. The van der Waals surface area contributed by atoms with Crippen LogP contribution in [0.15, 0.2) is 42.5 Å². The summed E-state index contributed by atoms with van der Waals surface area (Å²) in [6.07, 6.45) is 0.750. The van der Waals surface area contributed by atoms with Crippen molar-refractivity contribution >= 4 is 17.3 Å². The maximum Gasteiger partial charge on any atom is 0.340 e. The SMILES string of the molecule is CCC(Nc1ccc(F)c(N)c1C(=O)O)c1ccccc1. The smallest absolute Gasteiger partial charge is 0.340 e. The maximum absolute atomic E-state index is 13.4. The average Bonchev–Trinajstić information content (AvgIpc) is 2.48. The molecule has 0 radical (unpaired) electrons. The van der Waals surface area contributed by atoms with Gasteiger partial charge in [-0.25, -0.2) is 9.18 Å². The van der Waals surface area contributed by atoms with E-state index in [2.05, 4.69) is 5.32 Å². The summed E-state index contributed by atoms with van der Waals surface area (Å²) in [5.41, 5.74) is 6.30. The molecule has 21 heavy (non-hydrogen) atoms. The van der Waals surface area contributed by atoms with Crippen molar-refractivity contribution in [1.82, 2.24) is 0 Å². The fourth-order valence-electron chi connectivity index (χ4n) is 2.24. The standard InChI is InChI=1S/C16H17FN2O2/c1-2-12(10-6-4-3-5-7-10)19-13-9-8-11(17)15(18)14(13)16(20)21/h3-9,12,19H,2,18H2,1H3,(H,20,21). The number of benzene rings is 2. The first-order valence-corrected chi connectivity index (χ1v) is 6.67. The summed E-state index contributed by atoms with van der Waals surface area (Å²) >= 11 is 0. The van der Waals surface area contributed by atoms with Crippen LogP contribution in [0.4, 0.5) is 15.8 Å². The number of nitrogen functional groups attached to an aromatic ring is 1. The van der Waals surface area contributed by atoms with Crippen molar-refractivity contribution < 1.29 is 14.3 Å². The highest BCUT2D eigenvalue weighted by molar-refractivity contribution is 6.00. The lowest BCUT2D eigenvalue weighted by molar-refractivity contribution is 0.0698. The maximum atomic E-state index is 13.4. The molecule has 2 aromatic rings. The van der Waals surface area contributed by atoms with Gasteiger partial charge in [-0.05, 0) is 24.1 Å². The van der Waals surface area contributed by atoms with Gasteiger partial charge in [0.15, 0.2) is 0 Å². The van der Waals surface area contributed by atoms with Gasteiger partial charge in [-0.15, -0.1) is 0 Å². The van der Waals surface area contributed by atoms with Gasteiger partial charge in [0, 0.05) is 0 Å². The lowest BCUT2D eigenvalue weighted by atomic mass is 10.0. The zero-order valence-electron chi connectivity index (χ0n) is 11.6. The Morgan fingerprint density at radius 2 is 1.95 bits per heavy atom. The highest BCUT2D eigenvalue weighted by atomic mass is 19.1. The molecule has 1 atom stereocenters. The number of nitrogens with two attached hydrogens (primary N) is 1. The molecular weight excluding hydrogens is 271 g/mol. The van der Waals surface area contributed by atoms with Gasteiger partial charge in [0.2, 0.25) is 0 Å². The van der Waals surface area contributed by atoms with E-state index in [1.54, 1.807) is 0 Å². The van der Waals surface area contributed by atoms with Crippen LogP contribution in [0, 0.1) is 5.82 Å². The molecular formula is C16H17FN2O2. The molecule has 1 unspecified atom stereocenters. The molecule has 0 heterocycles. The van der Waals surface area contributed by atoms with Crippen molar-refractivity contribution in [2.75, 3.05) is 11.1 Å². The van der Waals surface area contributed by atoms with Crippen molar-refractivity contribution in [3.05, 3.63) is 59.4 Å². The Morgan fingerprint density at radius 1 is 1.29 bits per heavy atom. The number of carboxylic acids is 1. The Hall–Kier alpha value is -2.56. The monoisotopic (exact) mass is 288 g/mol. The number of nitrogens with one attached hydrogen (secondary N) is 1. The minimum Gasteiger partial charge on any atom is -0.478 e. The lowest BCUT2D eigenvalue weighted by Gasteiger charge is -2.21. The van der Waals surface area contributed by atoms with Crippen molar-refractivity contribution in [3.8, 4) is 0 Å². The minimum atomic E-state index is -1.25. The van der Waals surface area contributed by atoms with Crippen LogP contribution >= 0.6 is 0 Å².